The van der Waals surface area contributed by atoms with Crippen molar-refractivity contribution in [2.24, 2.45) is 28.1 Å². The minimum atomic E-state index is -0.804. The van der Waals surface area contributed by atoms with Gasteiger partial charge in [-0.05, 0) is 12.3 Å². The number of hydrogen-bond donors (Lipinski definition) is 0. The molecule has 3 spiro atoms. The van der Waals surface area contributed by atoms with Crippen molar-refractivity contribution in [1.82, 2.24) is 0 Å². The predicted molar refractivity (Wildman–Crippen MR) is 75.9 cm³/mol. The van der Waals surface area contributed by atoms with Crippen LogP contribution in [0.2, 0.25) is 0 Å². The van der Waals surface area contributed by atoms with Gasteiger partial charge in [-0.2, -0.15) is 0 Å². The van der Waals surface area contributed by atoms with E-state index in [1.54, 1.807) is 0 Å². The highest BCUT2D eigenvalue weighted by molar-refractivity contribution is 5.95. The van der Waals surface area contributed by atoms with Gasteiger partial charge in [-0.25, -0.2) is 0 Å². The largest absolute Gasteiger partial charge is 0.469 e. The van der Waals surface area contributed by atoms with Gasteiger partial charge in [0.25, 0.3) is 0 Å². The van der Waals surface area contributed by atoms with Crippen molar-refractivity contribution in [3.63, 3.8) is 0 Å². The molecule has 0 N–H and O–H groups in total. The lowest BCUT2D eigenvalue weighted by Crippen LogP contribution is -2.45. The van der Waals surface area contributed by atoms with Crippen LogP contribution in [0.25, 0.3) is 0 Å². The average Bonchev–Trinajstić information content (AvgIpc) is 2.97. The number of hydrogen-bond acceptors (Lipinski definition) is 6. The lowest BCUT2D eigenvalue weighted by atomic mass is 9.69. The van der Waals surface area contributed by atoms with Gasteiger partial charge in [-0.3, -0.25) is 9.59 Å². The Morgan fingerprint density at radius 2 is 1.87 bits per heavy atom. The quantitative estimate of drug-likeness (QED) is 0.559. The second-order valence-electron chi connectivity index (χ2n) is 7.54. The van der Waals surface area contributed by atoms with E-state index >= 15 is 0 Å². The molecule has 0 aromatic carbocycles. The maximum atomic E-state index is 12.9. The number of allylic oxidation sites excluding steroid dienone is 2. The van der Waals surface area contributed by atoms with Crippen molar-refractivity contribution >= 4 is 11.9 Å². The van der Waals surface area contributed by atoms with Gasteiger partial charge >= 0.3 is 11.9 Å². The Morgan fingerprint density at radius 3 is 2.48 bits per heavy atom. The van der Waals surface area contributed by atoms with Crippen LogP contribution in [0.5, 0.6) is 0 Å². The zero-order valence-corrected chi connectivity index (χ0v) is 13.3. The molecule has 6 aliphatic rings. The van der Waals surface area contributed by atoms with E-state index in [-0.39, 0.29) is 23.3 Å². The van der Waals surface area contributed by atoms with Gasteiger partial charge < -0.3 is 18.9 Å². The smallest absolute Gasteiger partial charge is 0.314 e. The Morgan fingerprint density at radius 1 is 1.13 bits per heavy atom. The SMILES string of the molecule is COC(=O)C1C2C=CC34CC5(CC3(C2)C14C(=O)OC)OCCO5. The molecule has 4 fully saturated rings. The van der Waals surface area contributed by atoms with E-state index < -0.39 is 22.5 Å². The summed E-state index contributed by atoms with van der Waals surface area (Å²) in [6, 6.07) is 0. The van der Waals surface area contributed by atoms with Crippen LogP contribution in [0.1, 0.15) is 19.3 Å². The molecule has 5 unspecified atom stereocenters. The number of carbonyl (C=O) groups is 2. The molecule has 3 saturated carbocycles. The Balaban J connectivity index is 1.66. The summed E-state index contributed by atoms with van der Waals surface area (Å²) in [4.78, 5) is 25.3. The molecule has 6 nitrogen and oxygen atoms in total. The molecule has 0 aromatic heterocycles. The van der Waals surface area contributed by atoms with E-state index in [1.165, 1.54) is 14.2 Å². The van der Waals surface area contributed by atoms with E-state index in [2.05, 4.69) is 12.2 Å². The predicted octanol–water partition coefficient (Wildman–Crippen LogP) is 1.05. The molecule has 6 rings (SSSR count). The molecule has 0 amide bonds. The first-order valence-corrected chi connectivity index (χ1v) is 8.16. The third kappa shape index (κ3) is 1.12. The summed E-state index contributed by atoms with van der Waals surface area (Å²) in [5.74, 6) is -1.61. The first-order chi connectivity index (χ1) is 11.0. The minimum absolute atomic E-state index is 0.0278. The number of rotatable bonds is 2. The van der Waals surface area contributed by atoms with Gasteiger partial charge in [0.15, 0.2) is 5.79 Å². The molecule has 1 saturated heterocycles. The standard InChI is InChI=1S/C17H20O6/c1-20-12(18)11-10-3-4-14-8-16(22-5-6-23-16)9-15(14,7-10)17(11,14)13(19)21-2/h3-4,10-11H,5-9H2,1-2H3. The molecular formula is C17H20O6. The van der Waals surface area contributed by atoms with Gasteiger partial charge in [0.1, 0.15) is 0 Å². The minimum Gasteiger partial charge on any atom is -0.469 e. The summed E-state index contributed by atoms with van der Waals surface area (Å²) in [5.41, 5.74) is -1.50. The summed E-state index contributed by atoms with van der Waals surface area (Å²) in [6.07, 6.45) is 6.29. The number of esters is 2. The summed E-state index contributed by atoms with van der Waals surface area (Å²) >= 11 is 0. The second kappa shape index (κ2) is 3.81. The normalized spacial score (nSPS) is 50.0. The van der Waals surface area contributed by atoms with Crippen molar-refractivity contribution in [2.75, 3.05) is 27.4 Å². The average molecular weight is 320 g/mol. The first kappa shape index (κ1) is 14.0. The van der Waals surface area contributed by atoms with E-state index in [9.17, 15) is 9.59 Å². The lowest BCUT2D eigenvalue weighted by molar-refractivity contribution is -0.183. The fourth-order valence-electron chi connectivity index (χ4n) is 6.87. The van der Waals surface area contributed by atoms with E-state index in [0.717, 1.165) is 6.42 Å². The monoisotopic (exact) mass is 320 g/mol. The van der Waals surface area contributed by atoms with Crippen molar-refractivity contribution < 1.29 is 28.5 Å². The van der Waals surface area contributed by atoms with E-state index in [1.807, 2.05) is 0 Å². The number of ether oxygens (including phenoxy) is 4. The van der Waals surface area contributed by atoms with Crippen molar-refractivity contribution in [1.29, 1.82) is 0 Å². The van der Waals surface area contributed by atoms with Crippen LogP contribution < -0.4 is 0 Å². The maximum absolute atomic E-state index is 12.9. The molecular weight excluding hydrogens is 300 g/mol. The zero-order chi connectivity index (χ0) is 16.1. The van der Waals surface area contributed by atoms with Gasteiger partial charge in [0, 0.05) is 23.7 Å². The Bertz CT molecular complexity index is 649. The van der Waals surface area contributed by atoms with Crippen LogP contribution in [0.15, 0.2) is 12.2 Å². The lowest BCUT2D eigenvalue weighted by Gasteiger charge is -2.36. The molecule has 124 valence electrons. The molecule has 4 bridgehead atoms. The fourth-order valence-corrected chi connectivity index (χ4v) is 6.87. The third-order valence-electron chi connectivity index (χ3n) is 7.25. The maximum Gasteiger partial charge on any atom is 0.314 e. The van der Waals surface area contributed by atoms with Gasteiger partial charge in [0.05, 0.1) is 38.8 Å². The van der Waals surface area contributed by atoms with Crippen LogP contribution in [0, 0.1) is 28.1 Å². The molecule has 23 heavy (non-hydrogen) atoms. The molecule has 0 radical (unpaired) electrons. The molecule has 5 atom stereocenters. The van der Waals surface area contributed by atoms with Gasteiger partial charge in [-0.1, -0.05) is 12.2 Å². The molecule has 6 heteroatoms. The van der Waals surface area contributed by atoms with Gasteiger partial charge in [0.2, 0.25) is 0 Å². The van der Waals surface area contributed by atoms with E-state index in [0.29, 0.717) is 26.1 Å². The molecule has 1 heterocycles. The first-order valence-electron chi connectivity index (χ1n) is 8.16. The summed E-state index contributed by atoms with van der Waals surface area (Å²) in [6.45, 7) is 1.18. The third-order valence-corrected chi connectivity index (χ3v) is 7.25. The van der Waals surface area contributed by atoms with Crippen molar-refractivity contribution in [2.45, 2.75) is 25.0 Å². The Kier molecular flexibility index (Phi) is 2.31. The highest BCUT2D eigenvalue weighted by atomic mass is 16.7. The second-order valence-corrected chi connectivity index (χ2v) is 7.54. The summed E-state index contributed by atoms with van der Waals surface area (Å²) in [7, 11) is 2.79. The molecule has 0 aromatic rings. The highest BCUT2D eigenvalue weighted by Crippen LogP contribution is 2.97. The fraction of sp³-hybridized carbons (Fsp3) is 0.765. The van der Waals surface area contributed by atoms with Crippen LogP contribution in [-0.4, -0.2) is 45.2 Å². The highest BCUT2D eigenvalue weighted by Gasteiger charge is 3.01. The van der Waals surface area contributed by atoms with Crippen LogP contribution in [0.3, 0.4) is 0 Å². The Labute approximate surface area is 134 Å². The molecule has 1 aliphatic heterocycles. The van der Waals surface area contributed by atoms with Crippen molar-refractivity contribution in [3.8, 4) is 0 Å². The van der Waals surface area contributed by atoms with Crippen LogP contribution in [0.4, 0.5) is 0 Å². The topological polar surface area (TPSA) is 71.1 Å². The Hall–Kier alpha value is -1.40. The number of methoxy groups -OCH3 is 2. The zero-order valence-electron chi connectivity index (χ0n) is 13.3. The summed E-state index contributed by atoms with van der Waals surface area (Å²) in [5, 5.41) is 0. The number of carbonyl (C=O) groups excluding carboxylic acids is 2. The van der Waals surface area contributed by atoms with Crippen LogP contribution in [-0.2, 0) is 28.5 Å². The van der Waals surface area contributed by atoms with E-state index in [4.69, 9.17) is 18.9 Å². The molecule has 5 aliphatic carbocycles. The van der Waals surface area contributed by atoms with Gasteiger partial charge in [-0.15, -0.1) is 0 Å². The van der Waals surface area contributed by atoms with Crippen molar-refractivity contribution in [3.05, 3.63) is 12.2 Å². The summed E-state index contributed by atoms with van der Waals surface area (Å²) < 4.78 is 22.0. The van der Waals surface area contributed by atoms with Crippen LogP contribution >= 0.6 is 0 Å².